The molecule has 1 atom stereocenters. The molecule has 0 saturated carbocycles. The number of aliphatic imine (C=N–C) groups is 1. The number of anilines is 1. The number of carbonyl (C=O) groups is 3. The first-order valence-electron chi connectivity index (χ1n) is 12.1. The number of nitrogens with zero attached hydrogens (tertiary/aromatic N) is 4. The second-order valence-electron chi connectivity index (χ2n) is 10.2. The summed E-state index contributed by atoms with van der Waals surface area (Å²) in [6.45, 7) is 8.13. The van der Waals surface area contributed by atoms with E-state index in [1.807, 2.05) is 13.8 Å². The Morgan fingerprint density at radius 1 is 1.14 bits per heavy atom. The zero-order chi connectivity index (χ0) is 25.2. The Morgan fingerprint density at radius 3 is 2.57 bits per heavy atom. The average molecular weight is 483 g/mol. The molecule has 2 amide bonds. The summed E-state index contributed by atoms with van der Waals surface area (Å²) < 4.78 is 5.23. The van der Waals surface area contributed by atoms with E-state index in [1.54, 1.807) is 31.4 Å². The van der Waals surface area contributed by atoms with Gasteiger partial charge in [0.05, 0.1) is 37.4 Å². The third-order valence-corrected chi connectivity index (χ3v) is 6.94. The lowest BCUT2D eigenvalue weighted by molar-refractivity contribution is -0.123. The lowest BCUT2D eigenvalue weighted by atomic mass is 9.77. The number of ketones is 1. The molecule has 1 aromatic carbocycles. The maximum atomic E-state index is 13.1. The van der Waals surface area contributed by atoms with Gasteiger partial charge in [-0.05, 0) is 17.5 Å². The summed E-state index contributed by atoms with van der Waals surface area (Å²) >= 11 is 0. The van der Waals surface area contributed by atoms with Gasteiger partial charge in [0.25, 0.3) is 5.91 Å². The lowest BCUT2D eigenvalue weighted by Crippen LogP contribution is -2.52. The van der Waals surface area contributed by atoms with E-state index in [-0.39, 0.29) is 35.2 Å². The minimum Gasteiger partial charge on any atom is -0.511 e. The van der Waals surface area contributed by atoms with Crippen molar-refractivity contribution in [2.45, 2.75) is 39.2 Å². The summed E-state index contributed by atoms with van der Waals surface area (Å²) in [6, 6.07) is 6.56. The highest BCUT2D eigenvalue weighted by atomic mass is 16.5. The van der Waals surface area contributed by atoms with Gasteiger partial charge >= 0.3 is 0 Å². The average Bonchev–Trinajstić information content (AvgIpc) is 3.11. The summed E-state index contributed by atoms with van der Waals surface area (Å²) in [4.78, 5) is 48.0. The van der Waals surface area contributed by atoms with Gasteiger partial charge in [0.2, 0.25) is 5.91 Å². The van der Waals surface area contributed by atoms with Crippen LogP contribution in [0.15, 0.2) is 40.6 Å². The molecule has 2 aliphatic heterocycles. The van der Waals surface area contributed by atoms with Crippen LogP contribution in [0.25, 0.3) is 0 Å². The van der Waals surface area contributed by atoms with Crippen LogP contribution in [0.4, 0.5) is 5.69 Å². The number of aliphatic hydroxyl groups excluding tert-OH is 1. The van der Waals surface area contributed by atoms with Gasteiger partial charge in [0, 0.05) is 57.8 Å². The Morgan fingerprint density at radius 2 is 1.89 bits per heavy atom. The SMILES string of the molecule is COc1cccc(N2C(=O)CC(N3CCN(CCN=CC4=C(O)CC(C)(C)CC4=O)CC3)C2=O)c1. The van der Waals surface area contributed by atoms with E-state index in [0.717, 1.165) is 19.6 Å². The molecule has 188 valence electrons. The van der Waals surface area contributed by atoms with E-state index in [2.05, 4.69) is 14.8 Å². The number of carbonyl (C=O) groups excluding carboxylic acids is 3. The summed E-state index contributed by atoms with van der Waals surface area (Å²) in [5.41, 5.74) is 0.660. The van der Waals surface area contributed by atoms with Gasteiger partial charge in [-0.3, -0.25) is 29.2 Å². The van der Waals surface area contributed by atoms with Crippen LogP contribution >= 0.6 is 0 Å². The molecule has 1 aromatic rings. The van der Waals surface area contributed by atoms with Crippen molar-refractivity contribution in [2.24, 2.45) is 10.4 Å². The fraction of sp³-hybridized carbons (Fsp3) is 0.538. The van der Waals surface area contributed by atoms with Crippen LogP contribution in [0.3, 0.4) is 0 Å². The normalized spacial score (nSPS) is 24.1. The quantitative estimate of drug-likeness (QED) is 0.470. The van der Waals surface area contributed by atoms with Crippen LogP contribution in [-0.4, -0.2) is 91.1 Å². The number of allylic oxidation sites excluding steroid dienone is 2. The van der Waals surface area contributed by atoms with Crippen molar-refractivity contribution in [3.63, 3.8) is 0 Å². The van der Waals surface area contributed by atoms with Crippen LogP contribution in [-0.2, 0) is 14.4 Å². The summed E-state index contributed by atoms with van der Waals surface area (Å²) in [7, 11) is 1.55. The molecule has 1 N–H and O–H groups in total. The smallest absolute Gasteiger partial charge is 0.251 e. The Balaban J connectivity index is 1.27. The highest BCUT2D eigenvalue weighted by Gasteiger charge is 2.43. The van der Waals surface area contributed by atoms with Crippen molar-refractivity contribution in [2.75, 3.05) is 51.3 Å². The molecule has 9 nitrogen and oxygen atoms in total. The predicted molar refractivity (Wildman–Crippen MR) is 133 cm³/mol. The van der Waals surface area contributed by atoms with E-state index in [1.165, 1.54) is 11.1 Å². The minimum atomic E-state index is -0.439. The zero-order valence-electron chi connectivity index (χ0n) is 20.7. The molecule has 9 heteroatoms. The first-order chi connectivity index (χ1) is 16.7. The van der Waals surface area contributed by atoms with Crippen molar-refractivity contribution >= 4 is 29.5 Å². The van der Waals surface area contributed by atoms with Gasteiger partial charge in [-0.1, -0.05) is 19.9 Å². The van der Waals surface area contributed by atoms with Crippen LogP contribution in [0, 0.1) is 5.41 Å². The highest BCUT2D eigenvalue weighted by molar-refractivity contribution is 6.22. The third-order valence-electron chi connectivity index (χ3n) is 6.94. The molecule has 0 spiro atoms. The number of aliphatic hydroxyl groups is 1. The van der Waals surface area contributed by atoms with Gasteiger partial charge < -0.3 is 9.84 Å². The van der Waals surface area contributed by atoms with Crippen molar-refractivity contribution < 1.29 is 24.2 Å². The number of ether oxygens (including phenoxy) is 1. The Hall–Kier alpha value is -3.04. The van der Waals surface area contributed by atoms with Crippen molar-refractivity contribution in [3.05, 3.63) is 35.6 Å². The number of amides is 2. The summed E-state index contributed by atoms with van der Waals surface area (Å²) in [5.74, 6) is 0.293. The van der Waals surface area contributed by atoms with Gasteiger partial charge in [0.15, 0.2) is 5.78 Å². The number of rotatable bonds is 7. The predicted octanol–water partition coefficient (Wildman–Crippen LogP) is 2.22. The molecule has 1 unspecified atom stereocenters. The maximum absolute atomic E-state index is 13.1. The lowest BCUT2D eigenvalue weighted by Gasteiger charge is -2.36. The Labute approximate surface area is 206 Å². The standard InChI is InChI=1S/C26H34N4O5/c1-26(2)15-22(31)20(23(32)16-26)17-27-7-8-28-9-11-29(12-10-28)21-14-24(33)30(25(21)34)18-5-4-6-19(13-18)35-3/h4-6,13,17,21,31H,7-12,14-16H2,1-3H3. The fourth-order valence-electron chi connectivity index (χ4n) is 5.02. The van der Waals surface area contributed by atoms with E-state index >= 15 is 0 Å². The molecule has 0 bridgehead atoms. The maximum Gasteiger partial charge on any atom is 0.251 e. The monoisotopic (exact) mass is 482 g/mol. The van der Waals surface area contributed by atoms with E-state index in [9.17, 15) is 19.5 Å². The number of piperazine rings is 1. The third kappa shape index (κ3) is 5.62. The summed E-state index contributed by atoms with van der Waals surface area (Å²) in [5, 5.41) is 10.2. The van der Waals surface area contributed by atoms with Crippen molar-refractivity contribution in [1.29, 1.82) is 0 Å². The molecule has 2 heterocycles. The van der Waals surface area contributed by atoms with Gasteiger partial charge in [0.1, 0.15) is 11.5 Å². The second kappa shape index (κ2) is 10.3. The number of hydrogen-bond donors (Lipinski definition) is 1. The van der Waals surface area contributed by atoms with Crippen LogP contribution in [0.1, 0.15) is 33.1 Å². The summed E-state index contributed by atoms with van der Waals surface area (Å²) in [6.07, 6.45) is 2.60. The minimum absolute atomic E-state index is 0.0603. The fourth-order valence-corrected chi connectivity index (χ4v) is 5.02. The second-order valence-corrected chi connectivity index (χ2v) is 10.2. The van der Waals surface area contributed by atoms with Crippen molar-refractivity contribution in [3.8, 4) is 5.75 Å². The molecule has 2 fully saturated rings. The topological polar surface area (TPSA) is 103 Å². The zero-order valence-corrected chi connectivity index (χ0v) is 20.7. The molecule has 4 rings (SSSR count). The van der Waals surface area contributed by atoms with Crippen LogP contribution < -0.4 is 9.64 Å². The van der Waals surface area contributed by atoms with Gasteiger partial charge in [-0.2, -0.15) is 0 Å². The van der Waals surface area contributed by atoms with E-state index in [4.69, 9.17) is 4.74 Å². The number of hydrogen-bond acceptors (Lipinski definition) is 8. The number of benzene rings is 1. The molecular formula is C26H34N4O5. The van der Waals surface area contributed by atoms with E-state index < -0.39 is 6.04 Å². The van der Waals surface area contributed by atoms with Crippen LogP contribution in [0.2, 0.25) is 0 Å². The largest absolute Gasteiger partial charge is 0.511 e. The molecule has 35 heavy (non-hydrogen) atoms. The molecular weight excluding hydrogens is 448 g/mol. The first-order valence-corrected chi connectivity index (χ1v) is 12.1. The highest BCUT2D eigenvalue weighted by Crippen LogP contribution is 2.35. The molecule has 1 aliphatic carbocycles. The first kappa shape index (κ1) is 25.1. The number of imide groups is 1. The van der Waals surface area contributed by atoms with Gasteiger partial charge in [-0.15, -0.1) is 0 Å². The molecule has 2 saturated heterocycles. The van der Waals surface area contributed by atoms with E-state index in [0.29, 0.717) is 49.5 Å². The van der Waals surface area contributed by atoms with Crippen molar-refractivity contribution in [1.82, 2.24) is 9.80 Å². The number of Topliss-reactive ketones (excluding diaryl/α,β-unsaturated/α-hetero) is 1. The Kier molecular flexibility index (Phi) is 7.37. The number of methoxy groups -OCH3 is 1. The molecule has 0 aromatic heterocycles. The molecule has 3 aliphatic rings. The molecule has 0 radical (unpaired) electrons. The Bertz CT molecular complexity index is 1060. The van der Waals surface area contributed by atoms with Crippen LogP contribution in [0.5, 0.6) is 5.75 Å². The van der Waals surface area contributed by atoms with Gasteiger partial charge in [-0.25, -0.2) is 4.90 Å².